The molecule has 0 atom stereocenters. The second-order valence-corrected chi connectivity index (χ2v) is 7.45. The number of carbonyl (C=O) groups excluding carboxylic acids is 2. The maximum absolute atomic E-state index is 12.4. The van der Waals surface area contributed by atoms with Crippen molar-refractivity contribution in [2.45, 2.75) is 6.92 Å². The molecular formula is C17H13N3O5S2. The lowest BCUT2D eigenvalue weighted by Crippen LogP contribution is -2.32. The zero-order chi connectivity index (χ0) is 19.1. The molecule has 1 aromatic heterocycles. The molecule has 10 heteroatoms. The molecule has 8 nitrogen and oxygen atoms in total. The fourth-order valence-corrected chi connectivity index (χ4v) is 3.87. The summed E-state index contributed by atoms with van der Waals surface area (Å²) < 4.78 is 12.4. The molecule has 3 heterocycles. The van der Waals surface area contributed by atoms with Crippen LogP contribution in [0.25, 0.3) is 12.2 Å². The fourth-order valence-electron chi connectivity index (χ4n) is 2.69. The summed E-state index contributed by atoms with van der Waals surface area (Å²) in [6.45, 7) is 2.21. The maximum atomic E-state index is 12.4. The van der Waals surface area contributed by atoms with Gasteiger partial charge in [-0.2, -0.15) is 4.68 Å². The number of aromatic nitrogens is 1. The smallest absolute Gasteiger partial charge is 0.277 e. The van der Waals surface area contributed by atoms with E-state index < -0.39 is 5.91 Å². The number of nitrogens with one attached hydrogen (secondary N) is 1. The van der Waals surface area contributed by atoms with Crippen molar-refractivity contribution >= 4 is 47.5 Å². The molecular weight excluding hydrogens is 390 g/mol. The average molecular weight is 403 g/mol. The number of hydrogen-bond donors (Lipinski definition) is 2. The maximum Gasteiger partial charge on any atom is 0.277 e. The molecule has 2 N–H and O–H groups in total. The Morgan fingerprint density at radius 2 is 2.07 bits per heavy atom. The zero-order valence-electron chi connectivity index (χ0n) is 14.0. The summed E-state index contributed by atoms with van der Waals surface area (Å²) in [6.07, 6.45) is 3.15. The quantitative estimate of drug-likeness (QED) is 0.570. The standard InChI is InChI=1S/C17H13N3O5S2/c1-8(21)19-20-16(23)14(27-17(20)26)6-10-4-9-5-12-13(25-3-2-24-12)7-11(9)18-15(10)22/h4-7,23H,2-3H2,1H3,(H,19,21). The first kappa shape index (κ1) is 17.4. The minimum Gasteiger partial charge on any atom is -0.492 e. The molecule has 0 unspecified atom stereocenters. The van der Waals surface area contributed by atoms with Crippen LogP contribution in [0.4, 0.5) is 0 Å². The predicted molar refractivity (Wildman–Crippen MR) is 101 cm³/mol. The van der Waals surface area contributed by atoms with Gasteiger partial charge >= 0.3 is 0 Å². The molecule has 0 fully saturated rings. The van der Waals surface area contributed by atoms with Gasteiger partial charge in [0.1, 0.15) is 13.2 Å². The highest BCUT2D eigenvalue weighted by Crippen LogP contribution is 2.29. The van der Waals surface area contributed by atoms with Gasteiger partial charge < -0.3 is 14.6 Å². The van der Waals surface area contributed by atoms with E-state index in [9.17, 15) is 14.7 Å². The Kier molecular flexibility index (Phi) is 4.28. The van der Waals surface area contributed by atoms with Crippen molar-refractivity contribution in [3.8, 4) is 17.4 Å². The number of fused-ring (bicyclic) bond motifs is 2. The molecule has 0 aliphatic carbocycles. The molecule has 2 aliphatic heterocycles. The third-order valence-electron chi connectivity index (χ3n) is 3.84. The van der Waals surface area contributed by atoms with Gasteiger partial charge in [-0.15, -0.1) is 0 Å². The van der Waals surface area contributed by atoms with Gasteiger partial charge in [0.2, 0.25) is 11.8 Å². The molecule has 0 saturated heterocycles. The van der Waals surface area contributed by atoms with E-state index in [-0.39, 0.29) is 21.3 Å². The number of aromatic hydroxyl groups is 1. The summed E-state index contributed by atoms with van der Waals surface area (Å²) in [4.78, 5) is 28.0. The lowest BCUT2D eigenvalue weighted by molar-refractivity contribution is -0.115. The third kappa shape index (κ3) is 3.24. The molecule has 0 bridgehead atoms. The number of benzene rings is 1. The molecule has 4 rings (SSSR count). The largest absolute Gasteiger partial charge is 0.492 e. The summed E-state index contributed by atoms with van der Waals surface area (Å²) in [7, 11) is 0. The number of nitrogens with zero attached hydrogens (tertiary/aromatic N) is 2. The number of carbonyl (C=O) groups is 2. The van der Waals surface area contributed by atoms with E-state index in [2.05, 4.69) is 10.4 Å². The SMILES string of the molecule is CC(=O)Nn1c(O)c(C=C2C=c3cc4c(cc3=NC2=O)OCCO4)sc1=S. The highest BCUT2D eigenvalue weighted by Gasteiger charge is 2.18. The summed E-state index contributed by atoms with van der Waals surface area (Å²) >= 11 is 6.20. The highest BCUT2D eigenvalue weighted by molar-refractivity contribution is 7.73. The van der Waals surface area contributed by atoms with E-state index in [0.29, 0.717) is 40.2 Å². The van der Waals surface area contributed by atoms with Gasteiger partial charge in [0.25, 0.3) is 5.91 Å². The molecule has 1 aromatic carbocycles. The first-order valence-corrected chi connectivity index (χ1v) is 9.13. The number of hydrogen-bond acceptors (Lipinski definition) is 7. The van der Waals surface area contributed by atoms with Crippen LogP contribution in [-0.2, 0) is 9.59 Å². The summed E-state index contributed by atoms with van der Waals surface area (Å²) in [5.41, 5.74) is 2.69. The van der Waals surface area contributed by atoms with Crippen molar-refractivity contribution in [2.24, 2.45) is 4.99 Å². The normalized spacial score (nSPS) is 16.3. The third-order valence-corrected chi connectivity index (χ3v) is 5.15. The second kappa shape index (κ2) is 6.63. The first-order chi connectivity index (χ1) is 12.9. The van der Waals surface area contributed by atoms with Gasteiger partial charge in [-0.1, -0.05) is 11.3 Å². The van der Waals surface area contributed by atoms with Crippen LogP contribution in [0.2, 0.25) is 0 Å². The monoisotopic (exact) mass is 403 g/mol. The topological polar surface area (TPSA) is 102 Å². The summed E-state index contributed by atoms with van der Waals surface area (Å²) in [6, 6.07) is 3.43. The number of rotatable bonds is 2. The Morgan fingerprint density at radius 1 is 1.37 bits per heavy atom. The van der Waals surface area contributed by atoms with Crippen molar-refractivity contribution in [3.63, 3.8) is 0 Å². The van der Waals surface area contributed by atoms with Gasteiger partial charge in [0.15, 0.2) is 15.5 Å². The Bertz CT molecular complexity index is 1190. The van der Waals surface area contributed by atoms with Crippen LogP contribution in [-0.4, -0.2) is 34.8 Å². The lowest BCUT2D eigenvalue weighted by atomic mass is 10.1. The molecule has 138 valence electrons. The van der Waals surface area contributed by atoms with E-state index in [1.807, 2.05) is 0 Å². The van der Waals surface area contributed by atoms with Crippen LogP contribution in [0.1, 0.15) is 11.8 Å². The molecule has 2 amide bonds. The number of ether oxygens (including phenoxy) is 2. The van der Waals surface area contributed by atoms with E-state index in [0.717, 1.165) is 16.0 Å². The van der Waals surface area contributed by atoms with Crippen molar-refractivity contribution in [1.82, 2.24) is 4.68 Å². The molecule has 0 spiro atoms. The Labute approximate surface area is 161 Å². The highest BCUT2D eigenvalue weighted by atomic mass is 32.1. The molecule has 0 radical (unpaired) electrons. The van der Waals surface area contributed by atoms with Crippen molar-refractivity contribution in [1.29, 1.82) is 0 Å². The van der Waals surface area contributed by atoms with E-state index in [1.54, 1.807) is 18.2 Å². The van der Waals surface area contributed by atoms with E-state index >= 15 is 0 Å². The average Bonchev–Trinajstić information content (AvgIpc) is 2.88. The Hall–Kier alpha value is -2.98. The van der Waals surface area contributed by atoms with Gasteiger partial charge in [-0.05, 0) is 30.4 Å². The Morgan fingerprint density at radius 3 is 2.78 bits per heavy atom. The summed E-state index contributed by atoms with van der Waals surface area (Å²) in [5, 5.41) is 11.5. The molecule has 0 saturated carbocycles. The minimum atomic E-state index is -0.455. The lowest BCUT2D eigenvalue weighted by Gasteiger charge is -2.18. The van der Waals surface area contributed by atoms with E-state index in [4.69, 9.17) is 21.7 Å². The van der Waals surface area contributed by atoms with Crippen molar-refractivity contribution in [3.05, 3.63) is 37.1 Å². The van der Waals surface area contributed by atoms with Gasteiger partial charge in [0, 0.05) is 23.8 Å². The van der Waals surface area contributed by atoms with Crippen molar-refractivity contribution < 1.29 is 24.2 Å². The van der Waals surface area contributed by atoms with Crippen LogP contribution in [0.3, 0.4) is 0 Å². The molecule has 2 aliphatic rings. The summed E-state index contributed by atoms with van der Waals surface area (Å²) in [5.74, 6) is 0.0660. The Balaban J connectivity index is 1.80. The van der Waals surface area contributed by atoms with Gasteiger partial charge in [-0.3, -0.25) is 15.0 Å². The first-order valence-electron chi connectivity index (χ1n) is 7.91. The van der Waals surface area contributed by atoms with Crippen molar-refractivity contribution in [2.75, 3.05) is 18.6 Å². The number of thiazole rings is 1. The molecule has 27 heavy (non-hydrogen) atoms. The van der Waals surface area contributed by atoms with Crippen LogP contribution in [0.5, 0.6) is 17.4 Å². The van der Waals surface area contributed by atoms with Crippen LogP contribution in [0.15, 0.2) is 22.7 Å². The van der Waals surface area contributed by atoms with Gasteiger partial charge in [-0.25, -0.2) is 4.99 Å². The zero-order valence-corrected chi connectivity index (χ0v) is 15.6. The van der Waals surface area contributed by atoms with Crippen LogP contribution in [0, 0.1) is 3.95 Å². The fraction of sp³-hybridized carbons (Fsp3) is 0.176. The predicted octanol–water partition coefficient (Wildman–Crippen LogP) is 0.870. The van der Waals surface area contributed by atoms with Crippen LogP contribution >= 0.6 is 23.6 Å². The number of amides is 2. The van der Waals surface area contributed by atoms with Gasteiger partial charge in [0.05, 0.1) is 10.2 Å². The minimum absolute atomic E-state index is 0.245. The van der Waals surface area contributed by atoms with E-state index in [1.165, 1.54) is 13.0 Å². The van der Waals surface area contributed by atoms with Crippen LogP contribution < -0.4 is 25.5 Å². The second-order valence-electron chi connectivity index (χ2n) is 5.77. The molecule has 2 aromatic rings.